The van der Waals surface area contributed by atoms with E-state index in [0.29, 0.717) is 30.9 Å². The van der Waals surface area contributed by atoms with Crippen LogP contribution in [0.3, 0.4) is 0 Å². The van der Waals surface area contributed by atoms with Crippen molar-refractivity contribution in [2.24, 2.45) is 5.73 Å². The molecule has 0 atom stereocenters. The van der Waals surface area contributed by atoms with Crippen molar-refractivity contribution in [2.45, 2.75) is 13.3 Å². The lowest BCUT2D eigenvalue weighted by atomic mass is 10.2. The van der Waals surface area contributed by atoms with Gasteiger partial charge in [0.05, 0.1) is 5.01 Å². The Bertz CT molecular complexity index is 600. The number of benzene rings is 1. The Kier molecular flexibility index (Phi) is 4.81. The van der Waals surface area contributed by atoms with Gasteiger partial charge in [0.1, 0.15) is 11.5 Å². The van der Waals surface area contributed by atoms with Crippen molar-refractivity contribution in [3.05, 3.63) is 46.2 Å². The van der Waals surface area contributed by atoms with Gasteiger partial charge in [0.25, 0.3) is 5.91 Å². The molecule has 6 heteroatoms. The van der Waals surface area contributed by atoms with E-state index in [1.54, 1.807) is 17.5 Å². The molecule has 106 valence electrons. The maximum Gasteiger partial charge on any atom is 0.277 e. The molecule has 1 heterocycles. The minimum atomic E-state index is -0.365. The van der Waals surface area contributed by atoms with Gasteiger partial charge in [-0.3, -0.25) is 4.79 Å². The Hall–Kier alpha value is -1.79. The van der Waals surface area contributed by atoms with E-state index < -0.39 is 0 Å². The van der Waals surface area contributed by atoms with Crippen LogP contribution in [0.5, 0.6) is 0 Å². The second kappa shape index (κ2) is 6.58. The number of amides is 1. The number of anilines is 1. The molecule has 1 amide bonds. The van der Waals surface area contributed by atoms with Gasteiger partial charge in [-0.25, -0.2) is 9.37 Å². The van der Waals surface area contributed by atoms with Crippen molar-refractivity contribution in [2.75, 3.05) is 18.0 Å². The summed E-state index contributed by atoms with van der Waals surface area (Å²) < 4.78 is 13.3. The van der Waals surface area contributed by atoms with Crippen LogP contribution in [0.1, 0.15) is 22.4 Å². The first kappa shape index (κ1) is 14.6. The smallest absolute Gasteiger partial charge is 0.277 e. The molecule has 20 heavy (non-hydrogen) atoms. The summed E-state index contributed by atoms with van der Waals surface area (Å²) in [4.78, 5) is 18.2. The molecule has 0 spiro atoms. The number of rotatable bonds is 5. The standard InChI is InChI=1S/C14H16FN3OS/c1-2-18(11-5-3-4-10(15)8-11)14(19)12-9-20-13(17-12)6-7-16/h3-5,8-9H,2,6-7,16H2,1H3. The molecule has 0 saturated carbocycles. The summed E-state index contributed by atoms with van der Waals surface area (Å²) in [5.41, 5.74) is 6.38. The minimum absolute atomic E-state index is 0.224. The predicted octanol–water partition coefficient (Wildman–Crippen LogP) is 2.45. The third-order valence-corrected chi connectivity index (χ3v) is 3.72. The van der Waals surface area contributed by atoms with E-state index in [-0.39, 0.29) is 11.7 Å². The highest BCUT2D eigenvalue weighted by molar-refractivity contribution is 7.09. The first-order valence-corrected chi connectivity index (χ1v) is 7.25. The summed E-state index contributed by atoms with van der Waals surface area (Å²) >= 11 is 1.42. The van der Waals surface area contributed by atoms with E-state index in [2.05, 4.69) is 4.98 Å². The van der Waals surface area contributed by atoms with Crippen LogP contribution in [0, 0.1) is 5.82 Å². The largest absolute Gasteiger partial charge is 0.330 e. The molecule has 1 aromatic heterocycles. The zero-order chi connectivity index (χ0) is 14.5. The Morgan fingerprint density at radius 2 is 2.30 bits per heavy atom. The average Bonchev–Trinajstić information content (AvgIpc) is 2.89. The number of nitrogens with zero attached hydrogens (tertiary/aromatic N) is 2. The van der Waals surface area contributed by atoms with Gasteiger partial charge in [-0.1, -0.05) is 6.07 Å². The molecule has 0 fully saturated rings. The maximum atomic E-state index is 13.3. The number of aromatic nitrogens is 1. The van der Waals surface area contributed by atoms with E-state index in [0.717, 1.165) is 5.01 Å². The molecule has 0 unspecified atom stereocenters. The Morgan fingerprint density at radius 1 is 1.50 bits per heavy atom. The summed E-state index contributed by atoms with van der Waals surface area (Å²) in [6.07, 6.45) is 0.657. The van der Waals surface area contributed by atoms with Crippen LogP contribution in [0.15, 0.2) is 29.6 Å². The SMILES string of the molecule is CCN(C(=O)c1csc(CCN)n1)c1cccc(F)c1. The third-order valence-electron chi connectivity index (χ3n) is 2.81. The molecule has 0 aliphatic heterocycles. The van der Waals surface area contributed by atoms with Crippen molar-refractivity contribution in [3.63, 3.8) is 0 Å². The Balaban J connectivity index is 2.24. The fourth-order valence-corrected chi connectivity index (χ4v) is 2.66. The predicted molar refractivity (Wildman–Crippen MR) is 78.6 cm³/mol. The van der Waals surface area contributed by atoms with Gasteiger partial charge in [-0.05, 0) is 31.7 Å². The fourth-order valence-electron chi connectivity index (χ4n) is 1.87. The van der Waals surface area contributed by atoms with Crippen molar-refractivity contribution < 1.29 is 9.18 Å². The fraction of sp³-hybridized carbons (Fsp3) is 0.286. The molecule has 2 aromatic rings. The Morgan fingerprint density at radius 3 is 2.95 bits per heavy atom. The van der Waals surface area contributed by atoms with Crippen molar-refractivity contribution >= 4 is 22.9 Å². The number of thiazole rings is 1. The van der Waals surface area contributed by atoms with Gasteiger partial charge in [0.2, 0.25) is 0 Å². The lowest BCUT2D eigenvalue weighted by molar-refractivity contribution is 0.0984. The van der Waals surface area contributed by atoms with Crippen LogP contribution in [0.2, 0.25) is 0 Å². The van der Waals surface area contributed by atoms with Gasteiger partial charge in [0, 0.05) is 24.0 Å². The number of hydrogen-bond acceptors (Lipinski definition) is 4. The summed E-state index contributed by atoms with van der Waals surface area (Å²) in [6.45, 7) is 2.80. The average molecular weight is 293 g/mol. The highest BCUT2D eigenvalue weighted by atomic mass is 32.1. The molecule has 4 nitrogen and oxygen atoms in total. The lowest BCUT2D eigenvalue weighted by Gasteiger charge is -2.19. The first-order chi connectivity index (χ1) is 9.65. The van der Waals surface area contributed by atoms with Crippen LogP contribution < -0.4 is 10.6 Å². The number of carbonyl (C=O) groups excluding carboxylic acids is 1. The van der Waals surface area contributed by atoms with Crippen LogP contribution in [-0.2, 0) is 6.42 Å². The van der Waals surface area contributed by atoms with Crippen molar-refractivity contribution in [1.82, 2.24) is 4.98 Å². The summed E-state index contributed by atoms with van der Waals surface area (Å²) in [5.74, 6) is -0.589. The van der Waals surface area contributed by atoms with Crippen LogP contribution >= 0.6 is 11.3 Å². The molecular formula is C14H16FN3OS. The Labute approximate surface area is 121 Å². The van der Waals surface area contributed by atoms with Crippen LogP contribution in [0.4, 0.5) is 10.1 Å². The zero-order valence-corrected chi connectivity index (χ0v) is 12.0. The van der Waals surface area contributed by atoms with E-state index in [1.165, 1.54) is 28.4 Å². The third kappa shape index (κ3) is 3.20. The number of hydrogen-bond donors (Lipinski definition) is 1. The monoisotopic (exact) mass is 293 g/mol. The van der Waals surface area contributed by atoms with E-state index in [9.17, 15) is 9.18 Å². The van der Waals surface area contributed by atoms with E-state index in [1.807, 2.05) is 6.92 Å². The minimum Gasteiger partial charge on any atom is -0.330 e. The first-order valence-electron chi connectivity index (χ1n) is 6.37. The van der Waals surface area contributed by atoms with Gasteiger partial charge in [0.15, 0.2) is 0 Å². The van der Waals surface area contributed by atoms with Gasteiger partial charge >= 0.3 is 0 Å². The second-order valence-corrected chi connectivity index (χ2v) is 5.14. The molecule has 0 bridgehead atoms. The number of carbonyl (C=O) groups is 1. The molecule has 2 N–H and O–H groups in total. The summed E-state index contributed by atoms with van der Waals surface area (Å²) in [7, 11) is 0. The summed E-state index contributed by atoms with van der Waals surface area (Å²) in [6, 6.07) is 5.98. The highest BCUT2D eigenvalue weighted by Crippen LogP contribution is 2.19. The topological polar surface area (TPSA) is 59.2 Å². The van der Waals surface area contributed by atoms with Crippen LogP contribution in [-0.4, -0.2) is 24.0 Å². The molecule has 0 aliphatic rings. The molecule has 0 saturated heterocycles. The molecular weight excluding hydrogens is 277 g/mol. The molecule has 1 aromatic carbocycles. The zero-order valence-electron chi connectivity index (χ0n) is 11.2. The normalized spacial score (nSPS) is 10.6. The van der Waals surface area contributed by atoms with Crippen molar-refractivity contribution in [1.29, 1.82) is 0 Å². The number of nitrogens with two attached hydrogens (primary N) is 1. The molecule has 2 rings (SSSR count). The number of halogens is 1. The van der Waals surface area contributed by atoms with Gasteiger partial charge in [-0.15, -0.1) is 11.3 Å². The maximum absolute atomic E-state index is 13.3. The molecule has 0 radical (unpaired) electrons. The van der Waals surface area contributed by atoms with Gasteiger partial charge < -0.3 is 10.6 Å². The van der Waals surface area contributed by atoms with Crippen molar-refractivity contribution in [3.8, 4) is 0 Å². The second-order valence-electron chi connectivity index (χ2n) is 4.19. The van der Waals surface area contributed by atoms with Crippen LogP contribution in [0.25, 0.3) is 0 Å². The van der Waals surface area contributed by atoms with E-state index in [4.69, 9.17) is 5.73 Å². The quantitative estimate of drug-likeness (QED) is 0.921. The lowest BCUT2D eigenvalue weighted by Crippen LogP contribution is -2.31. The summed E-state index contributed by atoms with van der Waals surface area (Å²) in [5, 5.41) is 2.56. The van der Waals surface area contributed by atoms with Gasteiger partial charge in [-0.2, -0.15) is 0 Å². The molecule has 0 aliphatic carbocycles. The van der Waals surface area contributed by atoms with E-state index >= 15 is 0 Å². The highest BCUT2D eigenvalue weighted by Gasteiger charge is 2.19.